The van der Waals surface area contributed by atoms with E-state index in [1.54, 1.807) is 6.07 Å². The fourth-order valence-corrected chi connectivity index (χ4v) is 2.80. The van der Waals surface area contributed by atoms with E-state index < -0.39 is 5.82 Å². The third-order valence-corrected chi connectivity index (χ3v) is 3.94. The van der Waals surface area contributed by atoms with Gasteiger partial charge in [-0.25, -0.2) is 4.39 Å². The first-order valence-corrected chi connectivity index (χ1v) is 6.44. The van der Waals surface area contributed by atoms with Crippen LogP contribution < -0.4 is 10.6 Å². The fourth-order valence-electron chi connectivity index (χ4n) is 2.64. The van der Waals surface area contributed by atoms with Crippen LogP contribution in [0, 0.1) is 11.7 Å². The summed E-state index contributed by atoms with van der Waals surface area (Å²) in [4.78, 5) is 4.39. The molecular formula is C13H19ClFN3. The van der Waals surface area contributed by atoms with E-state index in [-0.39, 0.29) is 5.02 Å². The molecule has 1 aromatic rings. The number of hydrogen-bond donors (Lipinski definition) is 1. The van der Waals surface area contributed by atoms with Crippen LogP contribution >= 0.6 is 11.6 Å². The topological polar surface area (TPSA) is 32.5 Å². The molecule has 2 rings (SSSR count). The fraction of sp³-hybridized carbons (Fsp3) is 0.538. The van der Waals surface area contributed by atoms with Crippen molar-refractivity contribution in [2.75, 3.05) is 37.8 Å². The molecule has 0 radical (unpaired) electrons. The van der Waals surface area contributed by atoms with Crippen LogP contribution in [0.15, 0.2) is 12.1 Å². The average molecular weight is 272 g/mol. The lowest BCUT2D eigenvalue weighted by Crippen LogP contribution is -2.34. The van der Waals surface area contributed by atoms with Crippen molar-refractivity contribution in [3.63, 3.8) is 0 Å². The van der Waals surface area contributed by atoms with Crippen molar-refractivity contribution < 1.29 is 4.39 Å². The average Bonchev–Trinajstić information content (AvgIpc) is 2.65. The Bertz CT molecular complexity index is 450. The smallest absolute Gasteiger partial charge is 0.143 e. The van der Waals surface area contributed by atoms with E-state index in [1.165, 1.54) is 6.07 Å². The lowest BCUT2D eigenvalue weighted by atomic mass is 10.1. The quantitative estimate of drug-likeness (QED) is 0.839. The minimum Gasteiger partial charge on any atom is -0.397 e. The first kappa shape index (κ1) is 13.4. The van der Waals surface area contributed by atoms with Gasteiger partial charge in [-0.1, -0.05) is 18.5 Å². The minimum atomic E-state index is -0.464. The van der Waals surface area contributed by atoms with Gasteiger partial charge in [-0.05, 0) is 26.1 Å². The summed E-state index contributed by atoms with van der Waals surface area (Å²) >= 11 is 5.83. The van der Waals surface area contributed by atoms with Gasteiger partial charge in [0.15, 0.2) is 0 Å². The van der Waals surface area contributed by atoms with Crippen LogP contribution in [0.2, 0.25) is 5.02 Å². The Balaban J connectivity index is 2.26. The number of nitrogens with zero attached hydrogens (tertiary/aromatic N) is 2. The summed E-state index contributed by atoms with van der Waals surface area (Å²) in [5, 5.41) is 0.125. The van der Waals surface area contributed by atoms with E-state index in [9.17, 15) is 4.39 Å². The summed E-state index contributed by atoms with van der Waals surface area (Å²) in [6, 6.07) is 3.40. The van der Waals surface area contributed by atoms with Gasteiger partial charge in [0.2, 0.25) is 0 Å². The summed E-state index contributed by atoms with van der Waals surface area (Å²) in [5.74, 6) is 0.0811. The van der Waals surface area contributed by atoms with Crippen molar-refractivity contribution in [3.8, 4) is 0 Å². The molecule has 0 aromatic heterocycles. The number of anilines is 2. The van der Waals surface area contributed by atoms with Gasteiger partial charge in [0, 0.05) is 25.2 Å². The molecule has 1 fully saturated rings. The van der Waals surface area contributed by atoms with Gasteiger partial charge in [-0.2, -0.15) is 0 Å². The number of rotatable bonds is 2. The van der Waals surface area contributed by atoms with Gasteiger partial charge >= 0.3 is 0 Å². The SMILES string of the molecule is CC1CN(c2cc(Cl)c(F)cc2N)CC1N(C)C. The highest BCUT2D eigenvalue weighted by Gasteiger charge is 2.32. The molecule has 0 bridgehead atoms. The van der Waals surface area contributed by atoms with Crippen LogP contribution in [0.4, 0.5) is 15.8 Å². The normalized spacial score (nSPS) is 24.0. The van der Waals surface area contributed by atoms with Crippen molar-refractivity contribution in [2.45, 2.75) is 13.0 Å². The maximum absolute atomic E-state index is 13.3. The first-order chi connectivity index (χ1) is 8.40. The lowest BCUT2D eigenvalue weighted by molar-refractivity contribution is 0.266. The van der Waals surface area contributed by atoms with Crippen LogP contribution in [-0.2, 0) is 0 Å². The van der Waals surface area contributed by atoms with Crippen LogP contribution in [0.3, 0.4) is 0 Å². The van der Waals surface area contributed by atoms with Gasteiger partial charge in [-0.15, -0.1) is 0 Å². The second-order valence-electron chi connectivity index (χ2n) is 5.24. The van der Waals surface area contributed by atoms with E-state index in [4.69, 9.17) is 17.3 Å². The highest BCUT2D eigenvalue weighted by molar-refractivity contribution is 6.31. The molecule has 0 amide bonds. The maximum Gasteiger partial charge on any atom is 0.143 e. The van der Waals surface area contributed by atoms with E-state index in [1.807, 2.05) is 0 Å². The molecule has 100 valence electrons. The molecule has 1 heterocycles. The van der Waals surface area contributed by atoms with Crippen LogP contribution in [0.25, 0.3) is 0 Å². The molecular weight excluding hydrogens is 253 g/mol. The summed E-state index contributed by atoms with van der Waals surface area (Å²) in [6.07, 6.45) is 0. The monoisotopic (exact) mass is 271 g/mol. The highest BCUT2D eigenvalue weighted by Crippen LogP contribution is 2.33. The number of nitrogen functional groups attached to an aromatic ring is 1. The molecule has 18 heavy (non-hydrogen) atoms. The highest BCUT2D eigenvalue weighted by atomic mass is 35.5. The van der Waals surface area contributed by atoms with Crippen LogP contribution in [0.5, 0.6) is 0 Å². The lowest BCUT2D eigenvalue weighted by Gasteiger charge is -2.23. The van der Waals surface area contributed by atoms with E-state index >= 15 is 0 Å². The van der Waals surface area contributed by atoms with Crippen LogP contribution in [-0.4, -0.2) is 38.1 Å². The summed E-state index contributed by atoms with van der Waals surface area (Å²) in [6.45, 7) is 4.02. The molecule has 2 N–H and O–H groups in total. The summed E-state index contributed by atoms with van der Waals surface area (Å²) in [5.41, 5.74) is 7.16. The number of benzene rings is 1. The molecule has 1 saturated heterocycles. The molecule has 1 aliphatic rings. The Hall–Kier alpha value is -1.00. The van der Waals surface area contributed by atoms with Gasteiger partial charge in [0.1, 0.15) is 5.82 Å². The van der Waals surface area contributed by atoms with Crippen molar-refractivity contribution in [1.82, 2.24) is 4.90 Å². The molecule has 2 unspecified atom stereocenters. The number of halogens is 2. The van der Waals surface area contributed by atoms with Crippen molar-refractivity contribution >= 4 is 23.0 Å². The zero-order valence-electron chi connectivity index (χ0n) is 11.0. The Morgan fingerprint density at radius 3 is 2.61 bits per heavy atom. The standard InChI is InChI=1S/C13H19ClFN3/c1-8-6-18(7-13(8)17(2)3)12-4-9(14)10(15)5-11(12)16/h4-5,8,13H,6-7,16H2,1-3H3. The maximum atomic E-state index is 13.3. The van der Waals surface area contributed by atoms with Gasteiger partial charge in [-0.3, -0.25) is 0 Å². The molecule has 3 nitrogen and oxygen atoms in total. The van der Waals surface area contributed by atoms with Gasteiger partial charge in [0.05, 0.1) is 16.4 Å². The van der Waals surface area contributed by atoms with E-state index in [0.717, 1.165) is 18.8 Å². The third-order valence-electron chi connectivity index (χ3n) is 3.65. The zero-order chi connectivity index (χ0) is 13.4. The van der Waals surface area contributed by atoms with Crippen molar-refractivity contribution in [2.24, 2.45) is 5.92 Å². The largest absolute Gasteiger partial charge is 0.397 e. The molecule has 1 aromatic carbocycles. The molecule has 0 aliphatic carbocycles. The van der Waals surface area contributed by atoms with Crippen LogP contribution in [0.1, 0.15) is 6.92 Å². The Morgan fingerprint density at radius 1 is 1.39 bits per heavy atom. The van der Waals surface area contributed by atoms with E-state index in [2.05, 4.69) is 30.8 Å². The summed E-state index contributed by atoms with van der Waals surface area (Å²) in [7, 11) is 4.15. The molecule has 5 heteroatoms. The van der Waals surface area contributed by atoms with Gasteiger partial charge < -0.3 is 15.5 Å². The number of nitrogens with two attached hydrogens (primary N) is 1. The molecule has 0 spiro atoms. The second-order valence-corrected chi connectivity index (χ2v) is 5.65. The van der Waals surface area contributed by atoms with Gasteiger partial charge in [0.25, 0.3) is 0 Å². The Kier molecular flexibility index (Phi) is 3.69. The number of hydrogen-bond acceptors (Lipinski definition) is 3. The molecule has 1 aliphatic heterocycles. The van der Waals surface area contributed by atoms with Crippen molar-refractivity contribution in [3.05, 3.63) is 23.0 Å². The first-order valence-electron chi connectivity index (χ1n) is 6.06. The predicted octanol–water partition coefficient (Wildman–Crippen LogP) is 2.45. The predicted molar refractivity (Wildman–Crippen MR) is 74.7 cm³/mol. The molecule has 0 saturated carbocycles. The third kappa shape index (κ3) is 2.40. The van der Waals surface area contributed by atoms with E-state index in [0.29, 0.717) is 17.6 Å². The summed E-state index contributed by atoms with van der Waals surface area (Å²) < 4.78 is 13.3. The van der Waals surface area contributed by atoms with Crippen molar-refractivity contribution in [1.29, 1.82) is 0 Å². The Labute approximate surface area is 112 Å². The minimum absolute atomic E-state index is 0.125. The number of likely N-dealkylation sites (N-methyl/N-ethyl adjacent to an activating group) is 1. The second kappa shape index (κ2) is 4.94. The Morgan fingerprint density at radius 2 is 2.06 bits per heavy atom. The zero-order valence-corrected chi connectivity index (χ0v) is 11.7. The molecule has 2 atom stereocenters.